The summed E-state index contributed by atoms with van der Waals surface area (Å²) in [6, 6.07) is 5.49. The molecule has 1 N–H and O–H groups in total. The Balaban J connectivity index is 1.95. The maximum absolute atomic E-state index is 9.63. The summed E-state index contributed by atoms with van der Waals surface area (Å²) < 4.78 is 7.99. The number of fused-ring (bicyclic) bond motifs is 4. The molecule has 1 spiro atoms. The average Bonchev–Trinajstić information content (AvgIpc) is 2.89. The van der Waals surface area contributed by atoms with E-state index in [4.69, 9.17) is 4.74 Å². The van der Waals surface area contributed by atoms with E-state index < -0.39 is 0 Å². The summed E-state index contributed by atoms with van der Waals surface area (Å²) in [4.78, 5) is 4.32. The number of benzene rings is 1. The third-order valence-corrected chi connectivity index (χ3v) is 4.47. The molecule has 0 saturated heterocycles. The first kappa shape index (κ1) is 10.9. The topological polar surface area (TPSA) is 47.3 Å². The molecule has 2 aromatic rings. The van der Waals surface area contributed by atoms with E-state index in [1.165, 1.54) is 11.3 Å². The van der Waals surface area contributed by atoms with E-state index >= 15 is 0 Å². The van der Waals surface area contributed by atoms with E-state index in [1.54, 1.807) is 12.1 Å². The van der Waals surface area contributed by atoms with Crippen molar-refractivity contribution >= 4 is 0 Å². The molecule has 0 radical (unpaired) electrons. The number of phenolic OH excluding ortho intramolecular Hbond substituents is 1. The third kappa shape index (κ3) is 1.43. The van der Waals surface area contributed by atoms with E-state index in [2.05, 4.69) is 9.55 Å². The van der Waals surface area contributed by atoms with Crippen molar-refractivity contribution in [2.24, 2.45) is 0 Å². The maximum atomic E-state index is 9.63. The van der Waals surface area contributed by atoms with Gasteiger partial charge >= 0.3 is 0 Å². The molecule has 98 valence electrons. The summed E-state index contributed by atoms with van der Waals surface area (Å²) >= 11 is 0. The van der Waals surface area contributed by atoms with Crippen molar-refractivity contribution in [3.05, 3.63) is 42.0 Å². The van der Waals surface area contributed by atoms with Gasteiger partial charge < -0.3 is 14.4 Å². The lowest BCUT2D eigenvalue weighted by atomic mass is 9.69. The lowest BCUT2D eigenvalue weighted by Gasteiger charge is -2.42. The predicted molar refractivity (Wildman–Crippen MR) is 70.5 cm³/mol. The molecule has 19 heavy (non-hydrogen) atoms. The zero-order valence-electron chi connectivity index (χ0n) is 10.7. The summed E-state index contributed by atoms with van der Waals surface area (Å²) in [5, 5.41) is 9.63. The van der Waals surface area contributed by atoms with Gasteiger partial charge in [0.15, 0.2) is 0 Å². The standard InChI is InChI=1S/C15H16N2O2/c18-11-2-3-12-13(8-11)19-7-5-15(12)4-1-6-17-10-16-9-14(15)17/h2-3,8-10,18H,1,4-7H2. The van der Waals surface area contributed by atoms with Crippen molar-refractivity contribution in [2.75, 3.05) is 6.61 Å². The molecule has 0 amide bonds. The molecule has 1 atom stereocenters. The normalized spacial score (nSPS) is 24.6. The van der Waals surface area contributed by atoms with Crippen LogP contribution in [0, 0.1) is 0 Å². The number of aromatic nitrogens is 2. The molecule has 0 bridgehead atoms. The van der Waals surface area contributed by atoms with Crippen LogP contribution in [0.15, 0.2) is 30.7 Å². The molecular formula is C15H16N2O2. The Labute approximate surface area is 111 Å². The number of phenols is 1. The SMILES string of the molecule is Oc1ccc2c(c1)OCCC21CCCn2cncc21. The van der Waals surface area contributed by atoms with Crippen LogP contribution in [-0.4, -0.2) is 21.3 Å². The zero-order chi connectivity index (χ0) is 12.9. The van der Waals surface area contributed by atoms with Crippen molar-refractivity contribution < 1.29 is 9.84 Å². The minimum atomic E-state index is 0.00995. The molecule has 4 rings (SSSR count). The van der Waals surface area contributed by atoms with Crippen LogP contribution in [0.3, 0.4) is 0 Å². The fraction of sp³-hybridized carbons (Fsp3) is 0.400. The Morgan fingerprint density at radius 3 is 3.21 bits per heavy atom. The molecule has 2 aliphatic heterocycles. The number of aromatic hydroxyl groups is 1. The Morgan fingerprint density at radius 2 is 2.26 bits per heavy atom. The first-order chi connectivity index (χ1) is 9.29. The van der Waals surface area contributed by atoms with Gasteiger partial charge in [0, 0.05) is 35.5 Å². The second-order valence-corrected chi connectivity index (χ2v) is 5.44. The minimum absolute atomic E-state index is 0.00995. The summed E-state index contributed by atoms with van der Waals surface area (Å²) in [6.45, 7) is 1.74. The van der Waals surface area contributed by atoms with Crippen LogP contribution in [-0.2, 0) is 12.0 Å². The molecule has 0 saturated carbocycles. The predicted octanol–water partition coefficient (Wildman–Crippen LogP) is 2.45. The molecule has 0 fully saturated rings. The van der Waals surface area contributed by atoms with Crippen LogP contribution >= 0.6 is 0 Å². The van der Waals surface area contributed by atoms with Gasteiger partial charge in [0.2, 0.25) is 0 Å². The Hall–Kier alpha value is -1.97. The van der Waals surface area contributed by atoms with Gasteiger partial charge in [-0.2, -0.15) is 0 Å². The number of hydrogen-bond donors (Lipinski definition) is 1. The largest absolute Gasteiger partial charge is 0.508 e. The Bertz CT molecular complexity index is 631. The van der Waals surface area contributed by atoms with Gasteiger partial charge in [0.25, 0.3) is 0 Å². The molecule has 1 aromatic heterocycles. The van der Waals surface area contributed by atoms with Crippen molar-refractivity contribution in [3.63, 3.8) is 0 Å². The number of rotatable bonds is 0. The number of imidazole rings is 1. The lowest BCUT2D eigenvalue weighted by molar-refractivity contribution is 0.207. The van der Waals surface area contributed by atoms with Crippen LogP contribution < -0.4 is 4.74 Å². The van der Waals surface area contributed by atoms with E-state index in [9.17, 15) is 5.11 Å². The number of hydrogen-bond acceptors (Lipinski definition) is 3. The smallest absolute Gasteiger partial charge is 0.127 e. The monoisotopic (exact) mass is 256 g/mol. The van der Waals surface area contributed by atoms with Gasteiger partial charge in [0.05, 0.1) is 12.9 Å². The number of ether oxygens (including phenoxy) is 1. The van der Waals surface area contributed by atoms with Crippen LogP contribution in [0.5, 0.6) is 11.5 Å². The maximum Gasteiger partial charge on any atom is 0.127 e. The number of aryl methyl sites for hydroxylation is 1. The van der Waals surface area contributed by atoms with E-state index in [0.717, 1.165) is 31.6 Å². The van der Waals surface area contributed by atoms with Gasteiger partial charge in [-0.3, -0.25) is 0 Å². The van der Waals surface area contributed by atoms with Crippen molar-refractivity contribution in [1.82, 2.24) is 9.55 Å². The van der Waals surface area contributed by atoms with Crippen molar-refractivity contribution in [1.29, 1.82) is 0 Å². The van der Waals surface area contributed by atoms with Gasteiger partial charge in [-0.05, 0) is 25.3 Å². The first-order valence-electron chi connectivity index (χ1n) is 6.76. The van der Waals surface area contributed by atoms with Gasteiger partial charge in [-0.1, -0.05) is 6.07 Å². The molecule has 1 unspecified atom stereocenters. The highest BCUT2D eigenvalue weighted by molar-refractivity contribution is 5.50. The first-order valence-corrected chi connectivity index (χ1v) is 6.76. The van der Waals surface area contributed by atoms with Crippen molar-refractivity contribution in [3.8, 4) is 11.5 Å². The number of nitrogens with zero attached hydrogens (tertiary/aromatic N) is 2. The third-order valence-electron chi connectivity index (χ3n) is 4.47. The quantitative estimate of drug-likeness (QED) is 0.787. The van der Waals surface area contributed by atoms with E-state index in [-0.39, 0.29) is 11.2 Å². The zero-order valence-corrected chi connectivity index (χ0v) is 10.7. The summed E-state index contributed by atoms with van der Waals surface area (Å²) in [6.07, 6.45) is 7.17. The molecule has 0 aliphatic carbocycles. The molecular weight excluding hydrogens is 240 g/mol. The fourth-order valence-electron chi connectivity index (χ4n) is 3.60. The van der Waals surface area contributed by atoms with Crippen molar-refractivity contribution in [2.45, 2.75) is 31.2 Å². The molecule has 4 nitrogen and oxygen atoms in total. The van der Waals surface area contributed by atoms with Gasteiger partial charge in [-0.15, -0.1) is 0 Å². The highest BCUT2D eigenvalue weighted by atomic mass is 16.5. The van der Waals surface area contributed by atoms with E-state index in [0.29, 0.717) is 6.61 Å². The Morgan fingerprint density at radius 1 is 1.32 bits per heavy atom. The minimum Gasteiger partial charge on any atom is -0.508 e. The van der Waals surface area contributed by atoms with Gasteiger partial charge in [0.1, 0.15) is 11.5 Å². The molecule has 2 aliphatic rings. The summed E-state index contributed by atoms with van der Waals surface area (Å²) in [5.74, 6) is 1.08. The van der Waals surface area contributed by atoms with E-state index in [1.807, 2.05) is 18.6 Å². The molecule has 4 heteroatoms. The highest BCUT2D eigenvalue weighted by Gasteiger charge is 2.43. The second kappa shape index (κ2) is 3.76. The van der Waals surface area contributed by atoms with Crippen LogP contribution in [0.4, 0.5) is 0 Å². The highest BCUT2D eigenvalue weighted by Crippen LogP contribution is 2.49. The van der Waals surface area contributed by atoms with Gasteiger partial charge in [-0.25, -0.2) is 4.98 Å². The van der Waals surface area contributed by atoms with Crippen LogP contribution in [0.2, 0.25) is 0 Å². The lowest BCUT2D eigenvalue weighted by Crippen LogP contribution is -2.38. The average molecular weight is 256 g/mol. The molecule has 3 heterocycles. The van der Waals surface area contributed by atoms with Crippen LogP contribution in [0.25, 0.3) is 0 Å². The molecule has 1 aromatic carbocycles. The Kier molecular flexibility index (Phi) is 2.16. The fourth-order valence-corrected chi connectivity index (χ4v) is 3.60. The second-order valence-electron chi connectivity index (χ2n) is 5.44. The summed E-state index contributed by atoms with van der Waals surface area (Å²) in [7, 11) is 0. The summed E-state index contributed by atoms with van der Waals surface area (Å²) in [5.41, 5.74) is 2.49. The van der Waals surface area contributed by atoms with Crippen LogP contribution in [0.1, 0.15) is 30.5 Å².